The van der Waals surface area contributed by atoms with Crippen LogP contribution in [0.25, 0.3) is 11.3 Å². The highest BCUT2D eigenvalue weighted by Gasteiger charge is 2.41. The van der Waals surface area contributed by atoms with Gasteiger partial charge in [-0.2, -0.15) is 0 Å². The number of hydrogen-bond donors (Lipinski definition) is 1. The maximum Gasteiger partial charge on any atom is 0.407 e. The number of piperidine rings is 3. The van der Waals surface area contributed by atoms with E-state index in [-0.39, 0.29) is 23.7 Å². The number of carbonyl (C=O) groups excluding carboxylic acids is 1. The Hall–Kier alpha value is -2.80. The number of aromatic nitrogens is 1. The van der Waals surface area contributed by atoms with Crippen LogP contribution in [-0.2, 0) is 4.74 Å². The number of alkyl carbamates (subject to hydrolysis) is 1. The molecule has 5 heterocycles. The molecule has 0 spiro atoms. The molecule has 170 valence electrons. The lowest BCUT2D eigenvalue weighted by Gasteiger charge is -2.44. The second-order valence-corrected chi connectivity index (χ2v) is 9.75. The van der Waals surface area contributed by atoms with Crippen molar-refractivity contribution in [3.63, 3.8) is 0 Å². The summed E-state index contributed by atoms with van der Waals surface area (Å²) in [5.41, 5.74) is 2.44. The van der Waals surface area contributed by atoms with Gasteiger partial charge in [0.25, 0.3) is 0 Å². The topological polar surface area (TPSA) is 72.9 Å². The van der Waals surface area contributed by atoms with Crippen molar-refractivity contribution >= 4 is 6.09 Å². The highest BCUT2D eigenvalue weighted by molar-refractivity contribution is 5.70. The van der Waals surface area contributed by atoms with Crippen LogP contribution in [0.4, 0.5) is 4.79 Å². The Morgan fingerprint density at radius 3 is 2.75 bits per heavy atom. The fourth-order valence-electron chi connectivity index (χ4n) is 5.12. The first kappa shape index (κ1) is 21.1. The normalized spacial score (nSPS) is 27.7. The Labute approximate surface area is 189 Å². The first-order chi connectivity index (χ1) is 15.4. The van der Waals surface area contributed by atoms with Crippen molar-refractivity contribution in [2.24, 2.45) is 11.3 Å². The van der Waals surface area contributed by atoms with E-state index in [0.717, 1.165) is 55.0 Å². The van der Waals surface area contributed by atoms with Gasteiger partial charge in [0.05, 0.1) is 25.5 Å². The van der Waals surface area contributed by atoms with E-state index in [0.29, 0.717) is 18.4 Å². The van der Waals surface area contributed by atoms with Gasteiger partial charge in [0, 0.05) is 29.2 Å². The van der Waals surface area contributed by atoms with Gasteiger partial charge in [-0.05, 0) is 44.0 Å². The summed E-state index contributed by atoms with van der Waals surface area (Å²) in [5.74, 6) is 1.82. The zero-order valence-corrected chi connectivity index (χ0v) is 19.0. The third-order valence-electron chi connectivity index (χ3n) is 7.05. The second kappa shape index (κ2) is 8.28. The molecule has 0 radical (unpaired) electrons. The number of hydrogen-bond acceptors (Lipinski definition) is 6. The molecule has 2 atom stereocenters. The molecule has 0 saturated carbocycles. The molecule has 2 aromatic rings. The highest BCUT2D eigenvalue weighted by Crippen LogP contribution is 2.44. The molecule has 0 aliphatic carbocycles. The molecule has 1 unspecified atom stereocenters. The van der Waals surface area contributed by atoms with E-state index in [1.54, 1.807) is 7.11 Å². The highest BCUT2D eigenvalue weighted by atomic mass is 16.6. The van der Waals surface area contributed by atoms with Crippen LogP contribution in [0.5, 0.6) is 11.6 Å². The van der Waals surface area contributed by atoms with Crippen molar-refractivity contribution in [1.29, 1.82) is 0 Å². The summed E-state index contributed by atoms with van der Waals surface area (Å²) in [4.78, 5) is 19.8. The number of nitrogens with one attached hydrogen (secondary N) is 1. The first-order valence-electron chi connectivity index (χ1n) is 11.4. The van der Waals surface area contributed by atoms with E-state index in [9.17, 15) is 4.79 Å². The molecule has 1 aromatic heterocycles. The summed E-state index contributed by atoms with van der Waals surface area (Å²) < 4.78 is 17.3. The van der Waals surface area contributed by atoms with Gasteiger partial charge in [-0.15, -0.1) is 0 Å². The van der Waals surface area contributed by atoms with Crippen LogP contribution < -0.4 is 14.8 Å². The molecule has 7 nitrogen and oxygen atoms in total. The van der Waals surface area contributed by atoms with Gasteiger partial charge in [-0.25, -0.2) is 9.78 Å². The summed E-state index contributed by atoms with van der Waals surface area (Å²) >= 11 is 0. The molecule has 1 N–H and O–H groups in total. The van der Waals surface area contributed by atoms with Crippen LogP contribution in [0, 0.1) is 11.3 Å². The fourth-order valence-corrected chi connectivity index (χ4v) is 5.12. The van der Waals surface area contributed by atoms with Gasteiger partial charge in [0.15, 0.2) is 0 Å². The molecule has 6 rings (SSSR count). The first-order valence-corrected chi connectivity index (χ1v) is 11.4. The van der Waals surface area contributed by atoms with Gasteiger partial charge in [0.2, 0.25) is 5.88 Å². The SMILES string of the molecule is COc1cccc(-c2ccc3c(c2)OCC(C)(C)C3NC(=O)O[C@@H]2CN3CCC2CC3)n1. The summed E-state index contributed by atoms with van der Waals surface area (Å²) in [6.45, 7) is 7.80. The Kier molecular flexibility index (Phi) is 5.45. The van der Waals surface area contributed by atoms with Crippen LogP contribution in [-0.4, -0.2) is 55.4 Å². The monoisotopic (exact) mass is 437 g/mol. The molecule has 3 saturated heterocycles. The van der Waals surface area contributed by atoms with Crippen molar-refractivity contribution in [1.82, 2.24) is 15.2 Å². The molecular weight excluding hydrogens is 406 g/mol. The summed E-state index contributed by atoms with van der Waals surface area (Å²) in [7, 11) is 1.61. The quantitative estimate of drug-likeness (QED) is 0.778. The second-order valence-electron chi connectivity index (χ2n) is 9.75. The van der Waals surface area contributed by atoms with Crippen molar-refractivity contribution in [2.75, 3.05) is 33.4 Å². The van der Waals surface area contributed by atoms with Gasteiger partial charge in [0.1, 0.15) is 11.9 Å². The summed E-state index contributed by atoms with van der Waals surface area (Å²) in [5, 5.41) is 3.15. The Morgan fingerprint density at radius 2 is 2.03 bits per heavy atom. The minimum Gasteiger partial charge on any atom is -0.493 e. The molecule has 1 amide bonds. The van der Waals surface area contributed by atoms with Crippen LogP contribution in [0.1, 0.15) is 38.3 Å². The number of rotatable bonds is 4. The maximum absolute atomic E-state index is 12.9. The van der Waals surface area contributed by atoms with Gasteiger partial charge in [-0.1, -0.05) is 32.0 Å². The maximum atomic E-state index is 12.9. The third kappa shape index (κ3) is 4.01. The van der Waals surface area contributed by atoms with E-state index in [1.807, 2.05) is 36.4 Å². The standard InChI is InChI=1S/C25H31N3O4/c1-25(2)15-31-20-13-17(19-5-4-6-22(26-19)30-3)7-8-18(20)23(25)27-24(29)32-21-14-28-11-9-16(21)10-12-28/h4-8,13,16,21,23H,9-12,14-15H2,1-3H3,(H,27,29)/t21-,23?/m1/s1. The van der Waals surface area contributed by atoms with E-state index in [1.165, 1.54) is 0 Å². The molecule has 4 aliphatic rings. The van der Waals surface area contributed by atoms with Crippen molar-refractivity contribution < 1.29 is 19.0 Å². The number of amides is 1. The minimum atomic E-state index is -0.340. The van der Waals surface area contributed by atoms with E-state index >= 15 is 0 Å². The van der Waals surface area contributed by atoms with Crippen LogP contribution in [0.15, 0.2) is 36.4 Å². The number of methoxy groups -OCH3 is 1. The molecule has 7 heteroatoms. The molecule has 3 fully saturated rings. The fraction of sp³-hybridized carbons (Fsp3) is 0.520. The predicted molar refractivity (Wildman–Crippen MR) is 121 cm³/mol. The Morgan fingerprint density at radius 1 is 1.22 bits per heavy atom. The Balaban J connectivity index is 1.35. The number of nitrogens with zero attached hydrogens (tertiary/aromatic N) is 2. The van der Waals surface area contributed by atoms with E-state index < -0.39 is 0 Å². The van der Waals surface area contributed by atoms with Gasteiger partial charge < -0.3 is 19.5 Å². The number of ether oxygens (including phenoxy) is 3. The largest absolute Gasteiger partial charge is 0.493 e. The lowest BCUT2D eigenvalue weighted by atomic mass is 9.78. The van der Waals surface area contributed by atoms with E-state index in [4.69, 9.17) is 14.2 Å². The number of fused-ring (bicyclic) bond motifs is 4. The van der Waals surface area contributed by atoms with Gasteiger partial charge >= 0.3 is 6.09 Å². The van der Waals surface area contributed by atoms with Crippen molar-refractivity contribution in [3.05, 3.63) is 42.0 Å². The molecule has 32 heavy (non-hydrogen) atoms. The van der Waals surface area contributed by atoms with Crippen LogP contribution >= 0.6 is 0 Å². The molecule has 4 aliphatic heterocycles. The van der Waals surface area contributed by atoms with Crippen molar-refractivity contribution in [2.45, 2.75) is 38.8 Å². The predicted octanol–water partition coefficient (Wildman–Crippen LogP) is 4.04. The molecule has 2 bridgehead atoms. The van der Waals surface area contributed by atoms with Gasteiger partial charge in [-0.3, -0.25) is 4.90 Å². The average Bonchev–Trinajstić information content (AvgIpc) is 2.81. The molecule has 1 aromatic carbocycles. The zero-order chi connectivity index (χ0) is 22.3. The molecular formula is C25H31N3O4. The lowest BCUT2D eigenvalue weighted by Crippen LogP contribution is -2.53. The number of pyridine rings is 1. The smallest absolute Gasteiger partial charge is 0.407 e. The summed E-state index contributed by atoms with van der Waals surface area (Å²) in [6.07, 6.45) is 1.88. The summed E-state index contributed by atoms with van der Waals surface area (Å²) in [6, 6.07) is 11.5. The third-order valence-corrected chi connectivity index (χ3v) is 7.05. The number of carbonyl (C=O) groups is 1. The van der Waals surface area contributed by atoms with Crippen LogP contribution in [0.2, 0.25) is 0 Å². The van der Waals surface area contributed by atoms with Crippen LogP contribution in [0.3, 0.4) is 0 Å². The number of benzene rings is 1. The average molecular weight is 438 g/mol. The Bertz CT molecular complexity index is 1000. The van der Waals surface area contributed by atoms with E-state index in [2.05, 4.69) is 29.0 Å². The lowest BCUT2D eigenvalue weighted by molar-refractivity contribution is -0.0361. The zero-order valence-electron chi connectivity index (χ0n) is 19.0. The van der Waals surface area contributed by atoms with Crippen molar-refractivity contribution in [3.8, 4) is 22.9 Å². The minimum absolute atomic E-state index is 0.0126.